The van der Waals surface area contributed by atoms with Gasteiger partial charge in [0.1, 0.15) is 4.90 Å². The Morgan fingerprint density at radius 3 is 2.52 bits per heavy atom. The molecule has 0 radical (unpaired) electrons. The molecular formula is C14H20Cl2N2O2S. The maximum Gasteiger partial charge on any atom is 0.244 e. The molecule has 21 heavy (non-hydrogen) atoms. The second kappa shape index (κ2) is 5.95. The number of hydrogen-bond acceptors (Lipinski definition) is 3. The molecule has 7 heteroatoms. The van der Waals surface area contributed by atoms with Crippen molar-refractivity contribution in [1.82, 2.24) is 4.31 Å². The molecule has 0 spiro atoms. The van der Waals surface area contributed by atoms with Gasteiger partial charge in [0.05, 0.1) is 15.7 Å². The molecule has 1 heterocycles. The molecular weight excluding hydrogens is 331 g/mol. The van der Waals surface area contributed by atoms with E-state index < -0.39 is 10.0 Å². The molecule has 1 saturated heterocycles. The molecule has 2 N–H and O–H groups in total. The van der Waals surface area contributed by atoms with E-state index in [1.807, 2.05) is 0 Å². The molecule has 118 valence electrons. The number of nitrogen functional groups attached to an aromatic ring is 1. The minimum atomic E-state index is -3.64. The second-order valence-corrected chi connectivity index (χ2v) is 8.89. The minimum absolute atomic E-state index is 0.00556. The van der Waals surface area contributed by atoms with Gasteiger partial charge in [-0.2, -0.15) is 4.31 Å². The van der Waals surface area contributed by atoms with Crippen LogP contribution in [0, 0.1) is 5.41 Å². The molecule has 1 aliphatic heterocycles. The average molecular weight is 351 g/mol. The third kappa shape index (κ3) is 3.47. The van der Waals surface area contributed by atoms with Crippen molar-refractivity contribution < 1.29 is 8.42 Å². The van der Waals surface area contributed by atoms with Crippen LogP contribution < -0.4 is 5.73 Å². The maximum atomic E-state index is 12.8. The number of sulfonamides is 1. The molecule has 0 unspecified atom stereocenters. The summed E-state index contributed by atoms with van der Waals surface area (Å²) in [6.07, 6.45) is 2.68. The highest BCUT2D eigenvalue weighted by Gasteiger charge is 2.32. The fourth-order valence-electron chi connectivity index (χ4n) is 2.53. The number of nitrogens with zero attached hydrogens (tertiary/aromatic N) is 1. The molecule has 1 aliphatic rings. The van der Waals surface area contributed by atoms with Gasteiger partial charge in [0.15, 0.2) is 0 Å². The van der Waals surface area contributed by atoms with Crippen molar-refractivity contribution in [1.29, 1.82) is 0 Å². The third-order valence-electron chi connectivity index (χ3n) is 4.01. The minimum Gasteiger partial charge on any atom is -0.396 e. The van der Waals surface area contributed by atoms with E-state index in [1.54, 1.807) is 0 Å². The highest BCUT2D eigenvalue weighted by molar-refractivity contribution is 7.89. The van der Waals surface area contributed by atoms with Crippen LogP contribution in [0.4, 0.5) is 5.69 Å². The molecule has 1 fully saturated rings. The first-order valence-corrected chi connectivity index (χ1v) is 9.08. The van der Waals surface area contributed by atoms with Gasteiger partial charge in [-0.3, -0.25) is 0 Å². The van der Waals surface area contributed by atoms with Crippen molar-refractivity contribution in [2.24, 2.45) is 5.41 Å². The van der Waals surface area contributed by atoms with Gasteiger partial charge in [-0.15, -0.1) is 0 Å². The van der Waals surface area contributed by atoms with Gasteiger partial charge < -0.3 is 5.73 Å². The van der Waals surface area contributed by atoms with Gasteiger partial charge >= 0.3 is 0 Å². The SMILES string of the molecule is CC1(C)CCCN(S(=O)(=O)c2ccc(Cl)c(N)c2Cl)CC1. The molecule has 1 aromatic carbocycles. The smallest absolute Gasteiger partial charge is 0.244 e. The fourth-order valence-corrected chi connectivity index (χ4v) is 4.75. The van der Waals surface area contributed by atoms with Gasteiger partial charge in [0.25, 0.3) is 0 Å². The predicted octanol–water partition coefficient (Wildman–Crippen LogP) is 3.78. The zero-order chi connectivity index (χ0) is 15.8. The van der Waals surface area contributed by atoms with E-state index in [1.165, 1.54) is 16.4 Å². The zero-order valence-corrected chi connectivity index (χ0v) is 14.5. The number of rotatable bonds is 2. The summed E-state index contributed by atoms with van der Waals surface area (Å²) in [5.41, 5.74) is 6.00. The van der Waals surface area contributed by atoms with E-state index in [0.717, 1.165) is 19.3 Å². The van der Waals surface area contributed by atoms with Crippen LogP contribution in [0.15, 0.2) is 17.0 Å². The van der Waals surface area contributed by atoms with Crippen LogP contribution in [-0.4, -0.2) is 25.8 Å². The van der Waals surface area contributed by atoms with Crippen LogP contribution in [-0.2, 0) is 10.0 Å². The Kier molecular flexibility index (Phi) is 4.78. The molecule has 0 aliphatic carbocycles. The first-order valence-electron chi connectivity index (χ1n) is 6.89. The van der Waals surface area contributed by atoms with E-state index in [9.17, 15) is 8.42 Å². The molecule has 1 aromatic rings. The zero-order valence-electron chi connectivity index (χ0n) is 12.2. The van der Waals surface area contributed by atoms with Crippen molar-refractivity contribution in [2.75, 3.05) is 18.8 Å². The number of halogens is 2. The highest BCUT2D eigenvalue weighted by Crippen LogP contribution is 2.36. The van der Waals surface area contributed by atoms with Crippen LogP contribution in [0.5, 0.6) is 0 Å². The highest BCUT2D eigenvalue weighted by atomic mass is 35.5. The van der Waals surface area contributed by atoms with Crippen LogP contribution in [0.1, 0.15) is 33.1 Å². The molecule has 0 saturated carbocycles. The van der Waals surface area contributed by atoms with Crippen molar-refractivity contribution in [2.45, 2.75) is 38.0 Å². The van der Waals surface area contributed by atoms with E-state index in [2.05, 4.69) is 13.8 Å². The van der Waals surface area contributed by atoms with Crippen molar-refractivity contribution in [3.8, 4) is 0 Å². The first-order chi connectivity index (χ1) is 9.65. The molecule has 0 bridgehead atoms. The maximum absolute atomic E-state index is 12.8. The lowest BCUT2D eigenvalue weighted by atomic mass is 9.85. The fraction of sp³-hybridized carbons (Fsp3) is 0.571. The summed E-state index contributed by atoms with van der Waals surface area (Å²) in [7, 11) is -3.64. The standard InChI is InChI=1S/C14H20Cl2N2O2S/c1-14(2)6-3-8-18(9-7-14)21(19,20)11-5-4-10(15)13(17)12(11)16/h4-5H,3,6-9,17H2,1-2H3. The summed E-state index contributed by atoms with van der Waals surface area (Å²) >= 11 is 12.0. The van der Waals surface area contributed by atoms with Crippen molar-refractivity contribution >= 4 is 38.9 Å². The van der Waals surface area contributed by atoms with Gasteiger partial charge in [0.2, 0.25) is 10.0 Å². The normalized spacial score (nSPS) is 20.2. The Labute approximate surface area is 136 Å². The summed E-state index contributed by atoms with van der Waals surface area (Å²) in [5, 5.41) is 0.266. The summed E-state index contributed by atoms with van der Waals surface area (Å²) in [6, 6.07) is 2.89. The summed E-state index contributed by atoms with van der Waals surface area (Å²) in [6.45, 7) is 5.32. The van der Waals surface area contributed by atoms with Crippen LogP contribution in [0.3, 0.4) is 0 Å². The van der Waals surface area contributed by atoms with E-state index in [4.69, 9.17) is 28.9 Å². The Bertz CT molecular complexity index is 645. The Morgan fingerprint density at radius 2 is 1.86 bits per heavy atom. The molecule has 4 nitrogen and oxygen atoms in total. The number of benzene rings is 1. The van der Waals surface area contributed by atoms with Crippen molar-refractivity contribution in [3.63, 3.8) is 0 Å². The molecule has 2 rings (SSSR count). The van der Waals surface area contributed by atoms with Crippen LogP contribution in [0.2, 0.25) is 10.0 Å². The van der Waals surface area contributed by atoms with Crippen LogP contribution >= 0.6 is 23.2 Å². The van der Waals surface area contributed by atoms with E-state index in [0.29, 0.717) is 13.1 Å². The Balaban J connectivity index is 2.37. The molecule has 0 atom stereocenters. The van der Waals surface area contributed by atoms with E-state index >= 15 is 0 Å². The topological polar surface area (TPSA) is 63.4 Å². The third-order valence-corrected chi connectivity index (χ3v) is 6.80. The predicted molar refractivity (Wildman–Crippen MR) is 87.3 cm³/mol. The van der Waals surface area contributed by atoms with Crippen LogP contribution in [0.25, 0.3) is 0 Å². The quantitative estimate of drug-likeness (QED) is 0.825. The number of anilines is 1. The summed E-state index contributed by atoms with van der Waals surface area (Å²) in [4.78, 5) is 0.0331. The lowest BCUT2D eigenvalue weighted by Gasteiger charge is -2.23. The number of hydrogen-bond donors (Lipinski definition) is 1. The second-order valence-electron chi connectivity index (χ2n) is 6.20. The Hall–Kier alpha value is -0.490. The largest absolute Gasteiger partial charge is 0.396 e. The van der Waals surface area contributed by atoms with Gasteiger partial charge in [-0.25, -0.2) is 8.42 Å². The Morgan fingerprint density at radius 1 is 1.19 bits per heavy atom. The lowest BCUT2D eigenvalue weighted by molar-refractivity contribution is 0.315. The summed E-state index contributed by atoms with van der Waals surface area (Å²) < 4.78 is 27.1. The number of nitrogens with two attached hydrogens (primary N) is 1. The van der Waals surface area contributed by atoms with Crippen molar-refractivity contribution in [3.05, 3.63) is 22.2 Å². The van der Waals surface area contributed by atoms with E-state index in [-0.39, 0.29) is 26.0 Å². The first kappa shape index (κ1) is 16.9. The lowest BCUT2D eigenvalue weighted by Crippen LogP contribution is -2.32. The van der Waals surface area contributed by atoms with Gasteiger partial charge in [-0.05, 0) is 36.8 Å². The average Bonchev–Trinajstić information content (AvgIpc) is 2.57. The van der Waals surface area contributed by atoms with Gasteiger partial charge in [-0.1, -0.05) is 37.0 Å². The monoisotopic (exact) mass is 350 g/mol. The van der Waals surface area contributed by atoms with Gasteiger partial charge in [0, 0.05) is 13.1 Å². The molecule has 0 aromatic heterocycles. The summed E-state index contributed by atoms with van der Waals surface area (Å²) in [5.74, 6) is 0. The molecule has 0 amide bonds.